The molecule has 13 heavy (non-hydrogen) atoms. The molecule has 0 saturated heterocycles. The predicted octanol–water partition coefficient (Wildman–Crippen LogP) is -1.27. The Kier molecular flexibility index (Phi) is 3.15. The third-order valence-electron chi connectivity index (χ3n) is 1.39. The van der Waals surface area contributed by atoms with Gasteiger partial charge in [0.2, 0.25) is 5.91 Å². The van der Waals surface area contributed by atoms with Crippen LogP contribution >= 0.6 is 0 Å². The van der Waals surface area contributed by atoms with Crippen molar-refractivity contribution in [2.75, 3.05) is 11.9 Å². The van der Waals surface area contributed by atoms with Gasteiger partial charge in [0, 0.05) is 6.20 Å². The third kappa shape index (κ3) is 3.04. The second-order valence-corrected chi connectivity index (χ2v) is 2.39. The number of nitrogens with one attached hydrogen (secondary N) is 1. The quantitative estimate of drug-likeness (QED) is 0.539. The number of amides is 1. The van der Waals surface area contributed by atoms with E-state index >= 15 is 0 Å². The summed E-state index contributed by atoms with van der Waals surface area (Å²) in [4.78, 5) is 17.9. The summed E-state index contributed by atoms with van der Waals surface area (Å²) in [5.41, 5.74) is 4.84. The van der Waals surface area contributed by atoms with Crippen LogP contribution in [-0.4, -0.2) is 33.6 Å². The zero-order valence-electron chi connectivity index (χ0n) is 6.84. The molecule has 1 atom stereocenters. The molecule has 0 aliphatic heterocycles. The van der Waals surface area contributed by atoms with E-state index in [-0.39, 0.29) is 6.54 Å². The lowest BCUT2D eigenvalue weighted by Crippen LogP contribution is -2.34. The minimum absolute atomic E-state index is 0.0480. The highest BCUT2D eigenvalue weighted by atomic mass is 16.3. The first-order valence-corrected chi connectivity index (χ1v) is 3.67. The Labute approximate surface area is 74.8 Å². The van der Waals surface area contributed by atoms with Gasteiger partial charge in [0.25, 0.3) is 0 Å². The number of carbonyl (C=O) groups excluding carboxylic acids is 1. The molecule has 6 heteroatoms. The Balaban J connectivity index is 2.39. The second kappa shape index (κ2) is 4.36. The molecule has 1 aromatic rings. The van der Waals surface area contributed by atoms with Gasteiger partial charge in [-0.1, -0.05) is 0 Å². The molecule has 1 unspecified atom stereocenters. The molecule has 1 aromatic heterocycles. The van der Waals surface area contributed by atoms with E-state index in [1.807, 2.05) is 0 Å². The van der Waals surface area contributed by atoms with E-state index in [4.69, 9.17) is 10.8 Å². The number of aromatic nitrogens is 2. The van der Waals surface area contributed by atoms with Crippen molar-refractivity contribution in [2.45, 2.75) is 6.10 Å². The van der Waals surface area contributed by atoms with E-state index in [1.165, 1.54) is 6.33 Å². The highest BCUT2D eigenvalue weighted by Gasteiger charge is 2.09. The van der Waals surface area contributed by atoms with Gasteiger partial charge in [-0.15, -0.1) is 0 Å². The maximum absolute atomic E-state index is 10.4. The van der Waals surface area contributed by atoms with Crippen LogP contribution < -0.4 is 11.1 Å². The minimum atomic E-state index is -1.20. The van der Waals surface area contributed by atoms with Crippen molar-refractivity contribution in [3.8, 4) is 0 Å². The van der Waals surface area contributed by atoms with Crippen LogP contribution in [0.1, 0.15) is 0 Å². The van der Waals surface area contributed by atoms with Gasteiger partial charge in [-0.05, 0) is 6.07 Å². The van der Waals surface area contributed by atoms with Gasteiger partial charge in [0.05, 0.1) is 6.54 Å². The van der Waals surface area contributed by atoms with Gasteiger partial charge in [0.1, 0.15) is 18.2 Å². The number of primary amides is 1. The number of nitrogens with two attached hydrogens (primary N) is 1. The van der Waals surface area contributed by atoms with Gasteiger partial charge in [-0.25, -0.2) is 9.97 Å². The first-order chi connectivity index (χ1) is 6.20. The fraction of sp³-hybridized carbons (Fsp3) is 0.286. The van der Waals surface area contributed by atoms with Crippen LogP contribution in [0.3, 0.4) is 0 Å². The standard InChI is InChI=1S/C7H10N4O2/c8-7(13)5(12)3-10-6-1-2-9-4-11-6/h1-2,4-5,12H,3H2,(H2,8,13)(H,9,10,11). The van der Waals surface area contributed by atoms with Crippen molar-refractivity contribution in [2.24, 2.45) is 5.73 Å². The average molecular weight is 182 g/mol. The van der Waals surface area contributed by atoms with E-state index in [0.29, 0.717) is 5.82 Å². The molecule has 0 aromatic carbocycles. The summed E-state index contributed by atoms with van der Waals surface area (Å²) < 4.78 is 0. The average Bonchev–Trinajstić information content (AvgIpc) is 2.15. The predicted molar refractivity (Wildman–Crippen MR) is 45.7 cm³/mol. The Morgan fingerprint density at radius 2 is 2.54 bits per heavy atom. The largest absolute Gasteiger partial charge is 0.381 e. The molecule has 0 fully saturated rings. The molecular weight excluding hydrogens is 172 g/mol. The lowest BCUT2D eigenvalue weighted by Gasteiger charge is -2.07. The zero-order chi connectivity index (χ0) is 9.68. The van der Waals surface area contributed by atoms with Crippen molar-refractivity contribution in [3.05, 3.63) is 18.6 Å². The molecular formula is C7H10N4O2. The number of nitrogens with zero attached hydrogens (tertiary/aromatic N) is 2. The number of hydrogen-bond acceptors (Lipinski definition) is 5. The number of hydrogen-bond donors (Lipinski definition) is 3. The number of aliphatic hydroxyl groups is 1. The summed E-state index contributed by atoms with van der Waals surface area (Å²) in [7, 11) is 0. The van der Waals surface area contributed by atoms with Crippen molar-refractivity contribution < 1.29 is 9.90 Å². The summed E-state index contributed by atoms with van der Waals surface area (Å²) in [6.07, 6.45) is 1.71. The molecule has 0 radical (unpaired) electrons. The SMILES string of the molecule is NC(=O)C(O)CNc1ccncn1. The number of rotatable bonds is 4. The van der Waals surface area contributed by atoms with Crippen LogP contribution in [0.5, 0.6) is 0 Å². The molecule has 0 aliphatic rings. The zero-order valence-corrected chi connectivity index (χ0v) is 6.84. The van der Waals surface area contributed by atoms with Crippen LogP contribution in [-0.2, 0) is 4.79 Å². The maximum atomic E-state index is 10.4. The molecule has 0 aliphatic carbocycles. The van der Waals surface area contributed by atoms with E-state index in [9.17, 15) is 4.79 Å². The summed E-state index contributed by atoms with van der Waals surface area (Å²) in [6, 6.07) is 1.62. The van der Waals surface area contributed by atoms with E-state index in [2.05, 4.69) is 15.3 Å². The minimum Gasteiger partial charge on any atom is -0.381 e. The maximum Gasteiger partial charge on any atom is 0.248 e. The molecule has 1 heterocycles. The number of aliphatic hydroxyl groups excluding tert-OH is 1. The molecule has 1 amide bonds. The Hall–Kier alpha value is -1.69. The monoisotopic (exact) mass is 182 g/mol. The molecule has 4 N–H and O–H groups in total. The molecule has 0 spiro atoms. The summed E-state index contributed by atoms with van der Waals surface area (Å²) >= 11 is 0. The summed E-state index contributed by atoms with van der Waals surface area (Å²) in [6.45, 7) is 0.0480. The number of carbonyl (C=O) groups is 1. The normalized spacial score (nSPS) is 12.1. The van der Waals surface area contributed by atoms with E-state index in [1.54, 1.807) is 12.3 Å². The summed E-state index contributed by atoms with van der Waals surface area (Å²) in [5, 5.41) is 11.7. The van der Waals surface area contributed by atoms with Gasteiger partial charge >= 0.3 is 0 Å². The Morgan fingerprint density at radius 1 is 1.77 bits per heavy atom. The molecule has 0 bridgehead atoms. The van der Waals surface area contributed by atoms with Gasteiger partial charge in [0.15, 0.2) is 0 Å². The molecule has 0 saturated carbocycles. The first kappa shape index (κ1) is 9.40. The van der Waals surface area contributed by atoms with Gasteiger partial charge < -0.3 is 16.2 Å². The lowest BCUT2D eigenvalue weighted by molar-refractivity contribution is -0.125. The third-order valence-corrected chi connectivity index (χ3v) is 1.39. The van der Waals surface area contributed by atoms with Crippen LogP contribution in [0.15, 0.2) is 18.6 Å². The van der Waals surface area contributed by atoms with Crippen LogP contribution in [0.4, 0.5) is 5.82 Å². The van der Waals surface area contributed by atoms with Crippen molar-refractivity contribution in [1.82, 2.24) is 9.97 Å². The first-order valence-electron chi connectivity index (χ1n) is 3.67. The van der Waals surface area contributed by atoms with E-state index in [0.717, 1.165) is 0 Å². The topological polar surface area (TPSA) is 101 Å². The fourth-order valence-corrected chi connectivity index (χ4v) is 0.697. The summed E-state index contributed by atoms with van der Waals surface area (Å²) in [5.74, 6) is -0.225. The van der Waals surface area contributed by atoms with Gasteiger partial charge in [-0.3, -0.25) is 4.79 Å². The van der Waals surface area contributed by atoms with Crippen LogP contribution in [0.2, 0.25) is 0 Å². The van der Waals surface area contributed by atoms with Crippen molar-refractivity contribution in [1.29, 1.82) is 0 Å². The molecule has 1 rings (SSSR count). The van der Waals surface area contributed by atoms with Crippen molar-refractivity contribution in [3.63, 3.8) is 0 Å². The Bertz CT molecular complexity index is 277. The van der Waals surface area contributed by atoms with Crippen LogP contribution in [0.25, 0.3) is 0 Å². The van der Waals surface area contributed by atoms with E-state index < -0.39 is 12.0 Å². The second-order valence-electron chi connectivity index (χ2n) is 2.39. The highest BCUT2D eigenvalue weighted by molar-refractivity contribution is 5.79. The highest BCUT2D eigenvalue weighted by Crippen LogP contribution is 1.97. The molecule has 70 valence electrons. The van der Waals surface area contributed by atoms with Gasteiger partial charge in [-0.2, -0.15) is 0 Å². The number of anilines is 1. The molecule has 6 nitrogen and oxygen atoms in total. The Morgan fingerprint density at radius 3 is 3.08 bits per heavy atom. The fourth-order valence-electron chi connectivity index (χ4n) is 0.697. The van der Waals surface area contributed by atoms with Crippen LogP contribution in [0, 0.1) is 0 Å². The van der Waals surface area contributed by atoms with Crippen molar-refractivity contribution >= 4 is 11.7 Å². The smallest absolute Gasteiger partial charge is 0.248 e. The lowest BCUT2D eigenvalue weighted by atomic mass is 10.3.